The molecule has 0 saturated heterocycles. The standard InChI is InChI=1S/C16H21N5O/c1-21(2)12-6-10-17-15(22)14-9-11-18-16(20-14)19-13-7-4-3-5-8-13/h3-5,7-9,11H,6,10,12H2,1-2H3,(H,17,22)(H,18,19,20). The number of anilines is 2. The summed E-state index contributed by atoms with van der Waals surface area (Å²) < 4.78 is 0. The van der Waals surface area contributed by atoms with Gasteiger partial charge in [0.05, 0.1) is 0 Å². The highest BCUT2D eigenvalue weighted by molar-refractivity contribution is 5.92. The fourth-order valence-corrected chi connectivity index (χ4v) is 1.88. The smallest absolute Gasteiger partial charge is 0.270 e. The Hall–Kier alpha value is -2.47. The molecule has 0 atom stereocenters. The van der Waals surface area contributed by atoms with Gasteiger partial charge in [-0.1, -0.05) is 18.2 Å². The van der Waals surface area contributed by atoms with Crippen molar-refractivity contribution < 1.29 is 4.79 Å². The lowest BCUT2D eigenvalue weighted by Gasteiger charge is -2.10. The average Bonchev–Trinajstić information content (AvgIpc) is 2.52. The molecule has 0 radical (unpaired) electrons. The first-order valence-corrected chi connectivity index (χ1v) is 7.23. The molecule has 0 aliphatic rings. The Bertz CT molecular complexity index is 600. The zero-order valence-electron chi connectivity index (χ0n) is 12.9. The van der Waals surface area contributed by atoms with Crippen LogP contribution >= 0.6 is 0 Å². The van der Waals surface area contributed by atoms with Crippen LogP contribution in [0.5, 0.6) is 0 Å². The number of rotatable bonds is 7. The number of carbonyl (C=O) groups is 1. The lowest BCUT2D eigenvalue weighted by molar-refractivity contribution is 0.0947. The van der Waals surface area contributed by atoms with Crippen molar-refractivity contribution in [1.82, 2.24) is 20.2 Å². The Labute approximate surface area is 130 Å². The highest BCUT2D eigenvalue weighted by Crippen LogP contribution is 2.11. The number of para-hydroxylation sites is 1. The second-order valence-corrected chi connectivity index (χ2v) is 5.17. The first-order chi connectivity index (χ1) is 10.6. The molecule has 0 aliphatic heterocycles. The largest absolute Gasteiger partial charge is 0.351 e. The van der Waals surface area contributed by atoms with Crippen molar-refractivity contribution in [3.63, 3.8) is 0 Å². The van der Waals surface area contributed by atoms with E-state index in [2.05, 4.69) is 25.5 Å². The van der Waals surface area contributed by atoms with E-state index < -0.39 is 0 Å². The van der Waals surface area contributed by atoms with E-state index in [4.69, 9.17) is 0 Å². The van der Waals surface area contributed by atoms with E-state index in [0.29, 0.717) is 18.2 Å². The van der Waals surface area contributed by atoms with Gasteiger partial charge in [0, 0.05) is 18.4 Å². The first-order valence-electron chi connectivity index (χ1n) is 7.23. The highest BCUT2D eigenvalue weighted by Gasteiger charge is 2.08. The number of benzene rings is 1. The maximum atomic E-state index is 12.1. The monoisotopic (exact) mass is 299 g/mol. The number of hydrogen-bond donors (Lipinski definition) is 2. The summed E-state index contributed by atoms with van der Waals surface area (Å²) in [6.07, 6.45) is 2.48. The Morgan fingerprint density at radius 1 is 1.18 bits per heavy atom. The van der Waals surface area contributed by atoms with Crippen molar-refractivity contribution in [3.8, 4) is 0 Å². The van der Waals surface area contributed by atoms with E-state index in [9.17, 15) is 4.79 Å². The minimum Gasteiger partial charge on any atom is -0.351 e. The van der Waals surface area contributed by atoms with Gasteiger partial charge in [0.25, 0.3) is 5.91 Å². The zero-order valence-corrected chi connectivity index (χ0v) is 12.9. The van der Waals surface area contributed by atoms with Gasteiger partial charge >= 0.3 is 0 Å². The van der Waals surface area contributed by atoms with E-state index in [-0.39, 0.29) is 5.91 Å². The molecule has 22 heavy (non-hydrogen) atoms. The Morgan fingerprint density at radius 3 is 2.68 bits per heavy atom. The van der Waals surface area contributed by atoms with Crippen LogP contribution in [0.4, 0.5) is 11.6 Å². The van der Waals surface area contributed by atoms with Crippen LogP contribution in [0.1, 0.15) is 16.9 Å². The summed E-state index contributed by atoms with van der Waals surface area (Å²) in [4.78, 5) is 22.5. The number of nitrogens with zero attached hydrogens (tertiary/aromatic N) is 3. The molecule has 0 unspecified atom stereocenters. The normalized spacial score (nSPS) is 10.5. The summed E-state index contributed by atoms with van der Waals surface area (Å²) in [5.74, 6) is 0.226. The van der Waals surface area contributed by atoms with Gasteiger partial charge in [-0.3, -0.25) is 4.79 Å². The fourth-order valence-electron chi connectivity index (χ4n) is 1.88. The Morgan fingerprint density at radius 2 is 1.95 bits per heavy atom. The molecule has 1 amide bonds. The van der Waals surface area contributed by atoms with Crippen LogP contribution < -0.4 is 10.6 Å². The second-order valence-electron chi connectivity index (χ2n) is 5.17. The summed E-state index contributed by atoms with van der Waals surface area (Å²) in [6, 6.07) is 11.2. The van der Waals surface area contributed by atoms with Crippen LogP contribution in [0, 0.1) is 0 Å². The van der Waals surface area contributed by atoms with Crippen molar-refractivity contribution in [3.05, 3.63) is 48.3 Å². The molecule has 6 nitrogen and oxygen atoms in total. The van der Waals surface area contributed by atoms with Gasteiger partial charge < -0.3 is 15.5 Å². The van der Waals surface area contributed by atoms with Crippen molar-refractivity contribution >= 4 is 17.5 Å². The van der Waals surface area contributed by atoms with Crippen molar-refractivity contribution in [2.75, 3.05) is 32.5 Å². The van der Waals surface area contributed by atoms with E-state index in [1.54, 1.807) is 12.3 Å². The molecule has 1 heterocycles. The van der Waals surface area contributed by atoms with Gasteiger partial charge in [0.15, 0.2) is 0 Å². The minimum atomic E-state index is -0.183. The van der Waals surface area contributed by atoms with Gasteiger partial charge in [-0.15, -0.1) is 0 Å². The fraction of sp³-hybridized carbons (Fsp3) is 0.312. The van der Waals surface area contributed by atoms with Gasteiger partial charge in [0.1, 0.15) is 5.69 Å². The van der Waals surface area contributed by atoms with Crippen LogP contribution in [0.3, 0.4) is 0 Å². The molecule has 2 N–H and O–H groups in total. The average molecular weight is 299 g/mol. The van der Waals surface area contributed by atoms with Crippen LogP contribution in [0.2, 0.25) is 0 Å². The van der Waals surface area contributed by atoms with Gasteiger partial charge in [-0.05, 0) is 45.3 Å². The summed E-state index contributed by atoms with van der Waals surface area (Å²) in [7, 11) is 4.02. The van der Waals surface area contributed by atoms with E-state index in [0.717, 1.165) is 18.7 Å². The molecular weight excluding hydrogens is 278 g/mol. The van der Waals surface area contributed by atoms with E-state index in [1.807, 2.05) is 44.4 Å². The van der Waals surface area contributed by atoms with Crippen LogP contribution in [-0.4, -0.2) is 48.0 Å². The molecular formula is C16H21N5O. The molecule has 6 heteroatoms. The molecule has 0 saturated carbocycles. The third kappa shape index (κ3) is 5.14. The van der Waals surface area contributed by atoms with Crippen molar-refractivity contribution in [1.29, 1.82) is 0 Å². The maximum Gasteiger partial charge on any atom is 0.270 e. The number of nitrogens with one attached hydrogen (secondary N) is 2. The summed E-state index contributed by atoms with van der Waals surface area (Å²) >= 11 is 0. The lowest BCUT2D eigenvalue weighted by atomic mass is 10.3. The molecule has 1 aromatic carbocycles. The molecule has 0 fully saturated rings. The van der Waals surface area contributed by atoms with Crippen molar-refractivity contribution in [2.24, 2.45) is 0 Å². The Balaban J connectivity index is 1.91. The van der Waals surface area contributed by atoms with Crippen molar-refractivity contribution in [2.45, 2.75) is 6.42 Å². The number of carbonyl (C=O) groups excluding carboxylic acids is 1. The molecule has 0 bridgehead atoms. The predicted molar refractivity (Wildman–Crippen MR) is 87.3 cm³/mol. The van der Waals surface area contributed by atoms with Crippen LogP contribution in [0.25, 0.3) is 0 Å². The SMILES string of the molecule is CN(C)CCCNC(=O)c1ccnc(Nc2ccccc2)n1. The topological polar surface area (TPSA) is 70.2 Å². The molecule has 0 spiro atoms. The van der Waals surface area contributed by atoms with Gasteiger partial charge in [-0.25, -0.2) is 9.97 Å². The molecule has 1 aromatic heterocycles. The van der Waals surface area contributed by atoms with E-state index >= 15 is 0 Å². The quantitative estimate of drug-likeness (QED) is 0.764. The van der Waals surface area contributed by atoms with E-state index in [1.165, 1.54) is 0 Å². The van der Waals surface area contributed by atoms with Crippen LogP contribution in [0.15, 0.2) is 42.6 Å². The minimum absolute atomic E-state index is 0.183. The molecule has 2 aromatic rings. The third-order valence-electron chi connectivity index (χ3n) is 2.99. The van der Waals surface area contributed by atoms with Crippen LogP contribution in [-0.2, 0) is 0 Å². The van der Waals surface area contributed by atoms with Gasteiger partial charge in [0.2, 0.25) is 5.95 Å². The summed E-state index contributed by atoms with van der Waals surface area (Å²) in [6.45, 7) is 1.56. The Kier molecular flexibility index (Phi) is 5.85. The highest BCUT2D eigenvalue weighted by atomic mass is 16.1. The third-order valence-corrected chi connectivity index (χ3v) is 2.99. The van der Waals surface area contributed by atoms with Gasteiger partial charge in [-0.2, -0.15) is 0 Å². The zero-order chi connectivity index (χ0) is 15.8. The molecule has 116 valence electrons. The summed E-state index contributed by atoms with van der Waals surface area (Å²) in [5, 5.41) is 5.93. The molecule has 2 rings (SSSR count). The number of amides is 1. The maximum absolute atomic E-state index is 12.1. The number of hydrogen-bond acceptors (Lipinski definition) is 5. The first kappa shape index (κ1) is 15.9. The molecule has 0 aliphatic carbocycles. The summed E-state index contributed by atoms with van der Waals surface area (Å²) in [5.41, 5.74) is 1.24. The lowest BCUT2D eigenvalue weighted by Crippen LogP contribution is -2.28. The predicted octanol–water partition coefficient (Wildman–Crippen LogP) is 1.90. The second kappa shape index (κ2) is 8.09. The number of aromatic nitrogens is 2.